The second-order valence-electron chi connectivity index (χ2n) is 4.65. The van der Waals surface area contributed by atoms with Gasteiger partial charge in [0.25, 0.3) is 5.91 Å². The molecule has 0 spiro atoms. The van der Waals surface area contributed by atoms with E-state index in [-0.39, 0.29) is 11.9 Å². The molecule has 0 aliphatic carbocycles. The molecule has 1 aromatic heterocycles. The van der Waals surface area contributed by atoms with Gasteiger partial charge in [-0.25, -0.2) is 0 Å². The molecule has 1 amide bonds. The molecule has 20 heavy (non-hydrogen) atoms. The van der Waals surface area contributed by atoms with Gasteiger partial charge in [-0.1, -0.05) is 42.4 Å². The van der Waals surface area contributed by atoms with Crippen molar-refractivity contribution in [3.05, 3.63) is 52.9 Å². The van der Waals surface area contributed by atoms with Crippen molar-refractivity contribution in [2.75, 3.05) is 6.54 Å². The first-order valence-electron chi connectivity index (χ1n) is 6.67. The Bertz CT molecular complexity index is 578. The number of carbonyl (C=O) groups excluding carboxylic acids is 1. The first-order valence-corrected chi connectivity index (χ1v) is 6.67. The molecular weight excluding hydrogens is 254 g/mol. The molecule has 5 nitrogen and oxygen atoms in total. The van der Waals surface area contributed by atoms with Crippen LogP contribution in [0.3, 0.4) is 0 Å². The summed E-state index contributed by atoms with van der Waals surface area (Å²) in [5, 5.41) is 6.66. The molecule has 106 valence electrons. The lowest BCUT2D eigenvalue weighted by atomic mass is 10.1. The van der Waals surface area contributed by atoms with Crippen LogP contribution >= 0.6 is 0 Å². The Hall–Kier alpha value is -2.14. The number of carbonyl (C=O) groups is 1. The summed E-state index contributed by atoms with van der Waals surface area (Å²) in [6.45, 7) is 4.05. The minimum absolute atomic E-state index is 0.188. The van der Waals surface area contributed by atoms with E-state index in [1.165, 1.54) is 0 Å². The molecule has 0 saturated heterocycles. The Balaban J connectivity index is 2.00. The van der Waals surface area contributed by atoms with Crippen LogP contribution < -0.4 is 11.1 Å². The van der Waals surface area contributed by atoms with E-state index in [1.807, 2.05) is 37.3 Å². The predicted molar refractivity (Wildman–Crippen MR) is 76.3 cm³/mol. The summed E-state index contributed by atoms with van der Waals surface area (Å²) in [4.78, 5) is 12.2. The Labute approximate surface area is 118 Å². The van der Waals surface area contributed by atoms with Crippen LogP contribution in [-0.2, 0) is 6.42 Å². The highest BCUT2D eigenvalue weighted by atomic mass is 16.5. The zero-order chi connectivity index (χ0) is 14.5. The summed E-state index contributed by atoms with van der Waals surface area (Å²) < 4.78 is 5.12. The fraction of sp³-hybridized carbons (Fsp3) is 0.333. The van der Waals surface area contributed by atoms with Crippen molar-refractivity contribution >= 4 is 5.91 Å². The van der Waals surface area contributed by atoms with Gasteiger partial charge in [-0.3, -0.25) is 4.79 Å². The Kier molecular flexibility index (Phi) is 4.53. The third kappa shape index (κ3) is 3.05. The molecule has 0 bridgehead atoms. The van der Waals surface area contributed by atoms with Gasteiger partial charge in [0.05, 0.1) is 5.69 Å². The summed E-state index contributed by atoms with van der Waals surface area (Å²) in [5.74, 6) is 0.417. The van der Waals surface area contributed by atoms with Gasteiger partial charge in [0.1, 0.15) is 11.3 Å². The summed E-state index contributed by atoms with van der Waals surface area (Å²) in [5.41, 5.74) is 8.17. The zero-order valence-electron chi connectivity index (χ0n) is 11.7. The zero-order valence-corrected chi connectivity index (χ0v) is 11.7. The van der Waals surface area contributed by atoms with Crippen LogP contribution in [0.15, 0.2) is 34.9 Å². The number of hydrogen-bond donors (Lipinski definition) is 2. The average molecular weight is 273 g/mol. The molecule has 0 aliphatic rings. The standard InChI is InChI=1S/C15H19N3O2/c1-3-13-14(10(2)18-20-13)15(19)17-9-12(16)11-7-5-4-6-8-11/h4-8,12H,3,9,16H2,1-2H3,(H,17,19). The SMILES string of the molecule is CCc1onc(C)c1C(=O)NCC(N)c1ccccc1. The van der Waals surface area contributed by atoms with E-state index in [0.29, 0.717) is 30.0 Å². The Morgan fingerprint density at radius 3 is 2.75 bits per heavy atom. The summed E-state index contributed by atoms with van der Waals surface area (Å²) >= 11 is 0. The third-order valence-corrected chi connectivity index (χ3v) is 3.19. The Morgan fingerprint density at radius 1 is 1.40 bits per heavy atom. The number of hydrogen-bond acceptors (Lipinski definition) is 4. The topological polar surface area (TPSA) is 81.2 Å². The molecule has 5 heteroatoms. The molecule has 0 radical (unpaired) electrons. The summed E-state index contributed by atoms with van der Waals surface area (Å²) in [6, 6.07) is 9.44. The summed E-state index contributed by atoms with van der Waals surface area (Å²) in [7, 11) is 0. The van der Waals surface area contributed by atoms with Gasteiger partial charge in [-0.05, 0) is 12.5 Å². The molecule has 1 unspecified atom stereocenters. The maximum absolute atomic E-state index is 12.2. The van der Waals surface area contributed by atoms with Crippen LogP contribution in [0.4, 0.5) is 0 Å². The molecule has 1 heterocycles. The number of nitrogens with two attached hydrogens (primary N) is 1. The van der Waals surface area contributed by atoms with Crippen LogP contribution in [0.25, 0.3) is 0 Å². The van der Waals surface area contributed by atoms with Crippen LogP contribution in [0.5, 0.6) is 0 Å². The minimum atomic E-state index is -0.231. The molecule has 3 N–H and O–H groups in total. The highest BCUT2D eigenvalue weighted by Crippen LogP contribution is 2.14. The van der Waals surface area contributed by atoms with Gasteiger partial charge in [-0.2, -0.15) is 0 Å². The van der Waals surface area contributed by atoms with Crippen molar-refractivity contribution in [1.82, 2.24) is 10.5 Å². The number of rotatable bonds is 5. The first-order chi connectivity index (χ1) is 9.63. The quantitative estimate of drug-likeness (QED) is 0.872. The van der Waals surface area contributed by atoms with Gasteiger partial charge < -0.3 is 15.6 Å². The van der Waals surface area contributed by atoms with E-state index in [9.17, 15) is 4.79 Å². The normalized spacial score (nSPS) is 12.2. The van der Waals surface area contributed by atoms with Crippen LogP contribution in [0.2, 0.25) is 0 Å². The number of aryl methyl sites for hydroxylation is 2. The fourth-order valence-electron chi connectivity index (χ4n) is 2.06. The van der Waals surface area contributed by atoms with Gasteiger partial charge in [0.2, 0.25) is 0 Å². The number of amides is 1. The molecule has 1 atom stereocenters. The summed E-state index contributed by atoms with van der Waals surface area (Å²) in [6.07, 6.45) is 0.633. The van der Waals surface area contributed by atoms with Crippen molar-refractivity contribution < 1.29 is 9.32 Å². The third-order valence-electron chi connectivity index (χ3n) is 3.19. The number of aromatic nitrogens is 1. The smallest absolute Gasteiger partial charge is 0.256 e. The lowest BCUT2D eigenvalue weighted by Crippen LogP contribution is -2.32. The molecule has 0 aliphatic heterocycles. The van der Waals surface area contributed by atoms with Gasteiger partial charge >= 0.3 is 0 Å². The van der Waals surface area contributed by atoms with Crippen LogP contribution in [-0.4, -0.2) is 17.6 Å². The van der Waals surface area contributed by atoms with Gasteiger partial charge in [-0.15, -0.1) is 0 Å². The molecule has 2 rings (SSSR count). The molecular formula is C15H19N3O2. The van der Waals surface area contributed by atoms with E-state index < -0.39 is 0 Å². The second-order valence-corrected chi connectivity index (χ2v) is 4.65. The largest absolute Gasteiger partial charge is 0.360 e. The number of benzene rings is 1. The monoisotopic (exact) mass is 273 g/mol. The van der Waals surface area contributed by atoms with Crippen molar-refractivity contribution in [1.29, 1.82) is 0 Å². The van der Waals surface area contributed by atoms with E-state index in [2.05, 4.69) is 10.5 Å². The van der Waals surface area contributed by atoms with Gasteiger partial charge in [0, 0.05) is 19.0 Å². The van der Waals surface area contributed by atoms with Crippen LogP contribution in [0.1, 0.15) is 40.3 Å². The predicted octanol–water partition coefficient (Wildman–Crippen LogP) is 1.98. The molecule has 0 fully saturated rings. The lowest BCUT2D eigenvalue weighted by Gasteiger charge is -2.13. The van der Waals surface area contributed by atoms with E-state index in [1.54, 1.807) is 6.92 Å². The highest BCUT2D eigenvalue weighted by molar-refractivity contribution is 5.96. The number of nitrogens with one attached hydrogen (secondary N) is 1. The van der Waals surface area contributed by atoms with Crippen molar-refractivity contribution in [2.24, 2.45) is 5.73 Å². The van der Waals surface area contributed by atoms with Crippen molar-refractivity contribution in [3.8, 4) is 0 Å². The lowest BCUT2D eigenvalue weighted by molar-refractivity contribution is 0.0948. The van der Waals surface area contributed by atoms with Gasteiger partial charge in [0.15, 0.2) is 0 Å². The highest BCUT2D eigenvalue weighted by Gasteiger charge is 2.19. The minimum Gasteiger partial charge on any atom is -0.360 e. The van der Waals surface area contributed by atoms with Crippen molar-refractivity contribution in [2.45, 2.75) is 26.3 Å². The van der Waals surface area contributed by atoms with E-state index in [0.717, 1.165) is 5.56 Å². The Morgan fingerprint density at radius 2 is 2.10 bits per heavy atom. The van der Waals surface area contributed by atoms with Crippen molar-refractivity contribution in [3.63, 3.8) is 0 Å². The fourth-order valence-corrected chi connectivity index (χ4v) is 2.06. The first kappa shape index (κ1) is 14.3. The molecule has 2 aromatic rings. The second kappa shape index (κ2) is 6.34. The molecule has 0 saturated carbocycles. The average Bonchev–Trinajstić information content (AvgIpc) is 2.86. The van der Waals surface area contributed by atoms with Crippen LogP contribution in [0, 0.1) is 6.92 Å². The molecule has 1 aromatic carbocycles. The van der Waals surface area contributed by atoms with E-state index >= 15 is 0 Å². The maximum atomic E-state index is 12.2. The number of nitrogens with zero attached hydrogens (tertiary/aromatic N) is 1. The van der Waals surface area contributed by atoms with E-state index in [4.69, 9.17) is 10.3 Å². The maximum Gasteiger partial charge on any atom is 0.256 e.